The minimum atomic E-state index is -0.675. The number of fused-ring (bicyclic) bond motifs is 8. The number of aliphatic carboxylic acids is 1. The van der Waals surface area contributed by atoms with Crippen LogP contribution in [-0.2, 0) is 62.9 Å². The van der Waals surface area contributed by atoms with E-state index in [1.165, 1.54) is 19.2 Å². The average molecular weight is 1020 g/mol. The fourth-order valence-electron chi connectivity index (χ4n) is 12.4. The third kappa shape index (κ3) is 10.8. The van der Waals surface area contributed by atoms with Gasteiger partial charge < -0.3 is 25.1 Å². The summed E-state index contributed by atoms with van der Waals surface area (Å²) < 4.78 is 37.5. The number of carbonyl (C=O) groups excluding carboxylic acids is 3. The van der Waals surface area contributed by atoms with Crippen molar-refractivity contribution in [3.63, 3.8) is 0 Å². The van der Waals surface area contributed by atoms with Crippen LogP contribution in [0.5, 0.6) is 0 Å². The molecule has 2 aromatic carbocycles. The van der Waals surface area contributed by atoms with E-state index in [1.54, 1.807) is 24.3 Å². The number of carbonyl (C=O) groups is 4. The zero-order chi connectivity index (χ0) is 47.5. The number of carboxylic acids is 1. The number of halogens is 4. The second kappa shape index (κ2) is 21.7. The zero-order valence-electron chi connectivity index (χ0n) is 40.2. The Hall–Kier alpha value is -3.86. The van der Waals surface area contributed by atoms with Crippen LogP contribution >= 0.6 is 23.2 Å². The molecule has 0 spiro atoms. The van der Waals surface area contributed by atoms with E-state index in [0.717, 1.165) is 105 Å². The molecule has 2 N–H and O–H groups in total. The van der Waals surface area contributed by atoms with E-state index in [4.69, 9.17) is 27.9 Å². The molecular formula is C52H65Cl2F2N6NaO7. The van der Waals surface area contributed by atoms with Crippen molar-refractivity contribution in [2.45, 2.75) is 150 Å². The van der Waals surface area contributed by atoms with Crippen LogP contribution in [0.1, 0.15) is 142 Å². The number of hydrogen-bond acceptors (Lipinski definition) is 8. The summed E-state index contributed by atoms with van der Waals surface area (Å²) in [4.78, 5) is 54.6. The van der Waals surface area contributed by atoms with Gasteiger partial charge in [-0.1, -0.05) is 42.8 Å². The molecule has 0 radical (unpaired) electrons. The Labute approximate surface area is 441 Å². The van der Waals surface area contributed by atoms with Crippen LogP contribution in [0, 0.1) is 47.1 Å². The zero-order valence-corrected chi connectivity index (χ0v) is 43.7. The molecule has 4 aromatic rings. The Kier molecular flexibility index (Phi) is 17.2. The molecule has 12 rings (SSSR count). The van der Waals surface area contributed by atoms with Gasteiger partial charge in [-0.3, -0.25) is 28.5 Å². The quantitative estimate of drug-likeness (QED) is 0.130. The summed E-state index contributed by atoms with van der Waals surface area (Å²) in [6.07, 6.45) is 12.1. The number of aromatic nitrogens is 4. The van der Waals surface area contributed by atoms with Crippen LogP contribution < -0.4 is 29.6 Å². The van der Waals surface area contributed by atoms with Crippen LogP contribution in [0.15, 0.2) is 36.4 Å². The van der Waals surface area contributed by atoms with Gasteiger partial charge >= 0.3 is 41.5 Å². The summed E-state index contributed by atoms with van der Waals surface area (Å²) in [6.45, 7) is 6.83. The van der Waals surface area contributed by atoms with Crippen LogP contribution in [0.4, 0.5) is 8.78 Å². The van der Waals surface area contributed by atoms with Gasteiger partial charge in [0.25, 0.3) is 0 Å². The van der Waals surface area contributed by atoms with Gasteiger partial charge in [0.1, 0.15) is 11.6 Å². The van der Waals surface area contributed by atoms with Crippen molar-refractivity contribution in [1.29, 1.82) is 0 Å². The fourth-order valence-corrected chi connectivity index (χ4v) is 12.7. The molecule has 13 nitrogen and oxygen atoms in total. The van der Waals surface area contributed by atoms with Gasteiger partial charge in [0.15, 0.2) is 0 Å². The molecule has 2 aromatic heterocycles. The molecule has 4 heterocycles. The maximum atomic E-state index is 14.4. The van der Waals surface area contributed by atoms with Crippen LogP contribution in [-0.4, -0.2) is 83.9 Å². The number of nitrogens with zero attached hydrogens (tertiary/aromatic N) is 6. The van der Waals surface area contributed by atoms with Gasteiger partial charge in [-0.25, -0.2) is 8.78 Å². The number of aryl methyl sites for hydroxylation is 2. The number of ether oxygens (including phenoxy) is 1. The minimum Gasteiger partial charge on any atom is -0.870 e. The van der Waals surface area contributed by atoms with E-state index >= 15 is 0 Å². The largest absolute Gasteiger partial charge is 1.00 e. The number of rotatable bonds is 10. The molecule has 6 fully saturated rings. The smallest absolute Gasteiger partial charge is 0.870 e. The Balaban J connectivity index is 0.000000220. The number of esters is 1. The first-order chi connectivity index (χ1) is 31.9. The maximum Gasteiger partial charge on any atom is 1.00 e. The van der Waals surface area contributed by atoms with Gasteiger partial charge in [0.2, 0.25) is 11.8 Å². The van der Waals surface area contributed by atoms with Crippen molar-refractivity contribution < 1.29 is 72.8 Å². The number of carboxylic acid groups (broad SMARTS) is 1. The fraction of sp³-hybridized carbons (Fsp3) is 0.577. The molecule has 2 aliphatic heterocycles. The standard InChI is InChI=1S/C26H31ClFN3O3.C25H29ClFN3O3.CH4.Na.H2O/c1-17-20-5-12-30(16-22(20)31(29-17)15-18-3-4-19(27)13-21(18)28)23(32)14-25-6-9-26(10-7-25,11-8-25)24(33)34-2;1-16-19-4-11-29(15-21(19)30(28-16)14-17-2-3-18(26)12-20(17)27)22(31)13-24-5-8-25(9-6-24,10-7-24)23(32)33;;;/h3-4,13H,5-12,14-16H2,1-2H3;2-3,12H,4-11,13-15H2,1H3,(H,32,33);1H4;;1H2/q;;;+1;/p-1. The first kappa shape index (κ1) is 55.5. The molecule has 0 saturated heterocycles. The first-order valence-electron chi connectivity index (χ1n) is 23.8. The van der Waals surface area contributed by atoms with Crippen molar-refractivity contribution in [1.82, 2.24) is 29.4 Å². The number of benzene rings is 2. The number of hydrogen-bond donors (Lipinski definition) is 1. The van der Waals surface area contributed by atoms with E-state index in [2.05, 4.69) is 10.2 Å². The first-order valence-corrected chi connectivity index (χ1v) is 24.6. The Morgan fingerprint density at radius 3 is 1.37 bits per heavy atom. The summed E-state index contributed by atoms with van der Waals surface area (Å²) in [6, 6.07) is 9.34. The normalized spacial score (nSPS) is 25.0. The molecule has 8 aliphatic rings. The van der Waals surface area contributed by atoms with Gasteiger partial charge in [-0.15, -0.1) is 0 Å². The number of amides is 2. The maximum absolute atomic E-state index is 14.4. The molecule has 6 aliphatic carbocycles. The van der Waals surface area contributed by atoms with E-state index in [-0.39, 0.29) is 88.1 Å². The Bertz CT molecular complexity index is 2590. The molecule has 18 heteroatoms. The Morgan fingerprint density at radius 1 is 0.657 bits per heavy atom. The topological polar surface area (TPSA) is 170 Å². The van der Waals surface area contributed by atoms with E-state index < -0.39 is 11.4 Å². The SMILES string of the molecule is C.COC(=O)C12CCC(CC(=O)N3CCc4c(C)nn(Cc5ccc(Cl)cc5F)c4C3)(CC1)CC2.Cc1nn(Cc2ccc(Cl)cc2F)c2c1CCN(C(=O)CC13CCC(C(=O)O)(CC1)CC3)C2.[Na+].[OH-]. The van der Waals surface area contributed by atoms with Crippen molar-refractivity contribution in [2.24, 2.45) is 21.7 Å². The van der Waals surface area contributed by atoms with Crippen molar-refractivity contribution in [3.8, 4) is 0 Å². The minimum absolute atomic E-state index is 0. The second-order valence-corrected chi connectivity index (χ2v) is 21.5. The second-order valence-electron chi connectivity index (χ2n) is 20.6. The monoisotopic (exact) mass is 1020 g/mol. The molecule has 0 unspecified atom stereocenters. The van der Waals surface area contributed by atoms with Crippen molar-refractivity contribution in [3.05, 3.63) is 103 Å². The molecule has 70 heavy (non-hydrogen) atoms. The molecular weight excluding hydrogens is 952 g/mol. The molecule has 2 amide bonds. The Morgan fingerprint density at radius 2 is 1.03 bits per heavy atom. The van der Waals surface area contributed by atoms with Crippen molar-refractivity contribution in [2.75, 3.05) is 20.2 Å². The summed E-state index contributed by atoms with van der Waals surface area (Å²) in [7, 11) is 1.47. The van der Waals surface area contributed by atoms with Crippen LogP contribution in [0.3, 0.4) is 0 Å². The van der Waals surface area contributed by atoms with Crippen molar-refractivity contribution >= 4 is 47.0 Å². The van der Waals surface area contributed by atoms with E-state index in [0.29, 0.717) is 92.5 Å². The van der Waals surface area contributed by atoms with Gasteiger partial charge in [-0.05, 0) is 150 Å². The van der Waals surface area contributed by atoms with E-state index in [1.807, 2.05) is 33.0 Å². The molecule has 4 bridgehead atoms. The van der Waals surface area contributed by atoms with Gasteiger partial charge in [-0.2, -0.15) is 10.2 Å². The summed E-state index contributed by atoms with van der Waals surface area (Å²) in [5.74, 6) is -1.17. The van der Waals surface area contributed by atoms with Crippen LogP contribution in [0.25, 0.3) is 0 Å². The summed E-state index contributed by atoms with van der Waals surface area (Å²) >= 11 is 11.8. The molecule has 374 valence electrons. The predicted molar refractivity (Wildman–Crippen MR) is 256 cm³/mol. The third-order valence-corrected chi connectivity index (χ3v) is 17.5. The average Bonchev–Trinajstić information content (AvgIpc) is 3.81. The third-order valence-electron chi connectivity index (χ3n) is 17.0. The summed E-state index contributed by atoms with van der Waals surface area (Å²) in [5, 5.41) is 19.7. The van der Waals surface area contributed by atoms with Crippen LogP contribution in [0.2, 0.25) is 10.0 Å². The van der Waals surface area contributed by atoms with E-state index in [9.17, 15) is 33.1 Å². The predicted octanol–water partition coefficient (Wildman–Crippen LogP) is 7.02. The molecule has 6 saturated carbocycles. The molecule has 0 atom stereocenters. The van der Waals surface area contributed by atoms with Gasteiger partial charge in [0, 0.05) is 47.1 Å². The summed E-state index contributed by atoms with van der Waals surface area (Å²) in [5.41, 5.74) is 6.21. The van der Waals surface area contributed by atoms with Gasteiger partial charge in [0.05, 0.1) is 66.9 Å². The number of methoxy groups -OCH3 is 1.